The number of halogens is 4. The van der Waals surface area contributed by atoms with Gasteiger partial charge in [-0.15, -0.1) is 0 Å². The molecule has 0 saturated carbocycles. The normalized spacial score (nSPS) is 11.4. The van der Waals surface area contributed by atoms with Crippen LogP contribution in [0.3, 0.4) is 0 Å². The third-order valence-electron chi connectivity index (χ3n) is 5.01. The molecule has 0 aliphatic carbocycles. The third kappa shape index (κ3) is 3.16. The number of hydrogen-bond acceptors (Lipinski definition) is 5. The van der Waals surface area contributed by atoms with Gasteiger partial charge in [0.25, 0.3) is 5.56 Å². The van der Waals surface area contributed by atoms with Crippen LogP contribution in [0.1, 0.15) is 0 Å². The molecule has 5 rings (SSSR count). The number of ether oxygens (including phenoxy) is 1. The summed E-state index contributed by atoms with van der Waals surface area (Å²) < 4.78 is 49.5. The molecule has 0 saturated heterocycles. The monoisotopic (exact) mass is 473 g/mol. The molecule has 0 bridgehead atoms. The van der Waals surface area contributed by atoms with Crippen molar-refractivity contribution in [1.82, 2.24) is 23.5 Å². The van der Waals surface area contributed by atoms with Crippen molar-refractivity contribution in [3.63, 3.8) is 0 Å². The fraction of sp³-hybridized carbons (Fsp3) is 0.0476. The summed E-state index contributed by atoms with van der Waals surface area (Å²) in [5.41, 5.74) is -1.75. The van der Waals surface area contributed by atoms with Crippen LogP contribution in [0.25, 0.3) is 28.1 Å². The van der Waals surface area contributed by atoms with E-state index in [4.69, 9.17) is 16.3 Å². The van der Waals surface area contributed by atoms with E-state index in [-0.39, 0.29) is 39.1 Å². The average Bonchev–Trinajstić information content (AvgIpc) is 3.18. The highest BCUT2D eigenvalue weighted by molar-refractivity contribution is 6.30. The van der Waals surface area contributed by atoms with Gasteiger partial charge in [0.05, 0.1) is 24.5 Å². The zero-order valence-corrected chi connectivity index (χ0v) is 17.3. The summed E-state index contributed by atoms with van der Waals surface area (Å²) in [6, 6.07) is 6.28. The molecule has 0 fully saturated rings. The Bertz CT molecular complexity index is 1710. The molecule has 4 aromatic heterocycles. The number of nitrogens with zero attached hydrogens (tertiary/aromatic N) is 5. The average molecular weight is 474 g/mol. The lowest BCUT2D eigenvalue weighted by Gasteiger charge is -2.15. The van der Waals surface area contributed by atoms with Gasteiger partial charge in [-0.05, 0) is 18.2 Å². The number of imidazole rings is 1. The smallest absolute Gasteiger partial charge is 0.342 e. The summed E-state index contributed by atoms with van der Waals surface area (Å²) in [6.07, 6.45) is 2.50. The minimum atomic E-state index is -1.21. The van der Waals surface area contributed by atoms with Crippen LogP contribution < -0.4 is 16.0 Å². The number of hydrogen-bond donors (Lipinski definition) is 0. The number of methoxy groups -OCH3 is 1. The molecular weight excluding hydrogens is 463 g/mol. The summed E-state index contributed by atoms with van der Waals surface area (Å²) in [4.78, 5) is 35.1. The lowest BCUT2D eigenvalue weighted by Crippen LogP contribution is -2.39. The Morgan fingerprint density at radius 3 is 2.52 bits per heavy atom. The molecule has 8 nitrogen and oxygen atoms in total. The molecule has 0 spiro atoms. The second-order valence-corrected chi connectivity index (χ2v) is 7.28. The Morgan fingerprint density at radius 1 is 1.00 bits per heavy atom. The van der Waals surface area contributed by atoms with Crippen LogP contribution >= 0.6 is 11.6 Å². The van der Waals surface area contributed by atoms with Gasteiger partial charge >= 0.3 is 5.69 Å². The second kappa shape index (κ2) is 7.48. The van der Waals surface area contributed by atoms with E-state index in [0.717, 1.165) is 33.4 Å². The van der Waals surface area contributed by atoms with Crippen molar-refractivity contribution in [2.45, 2.75) is 0 Å². The zero-order valence-electron chi connectivity index (χ0n) is 16.6. The Morgan fingerprint density at radius 2 is 1.79 bits per heavy atom. The van der Waals surface area contributed by atoms with Crippen molar-refractivity contribution in [2.24, 2.45) is 0 Å². The van der Waals surface area contributed by atoms with Gasteiger partial charge in [0.2, 0.25) is 5.88 Å². The van der Waals surface area contributed by atoms with E-state index < -0.39 is 28.7 Å². The van der Waals surface area contributed by atoms with Crippen LogP contribution in [0, 0.1) is 17.5 Å². The predicted octanol–water partition coefficient (Wildman–Crippen LogP) is 3.26. The van der Waals surface area contributed by atoms with E-state index in [1.807, 2.05) is 0 Å². The topological polar surface area (TPSA) is 83.4 Å². The van der Waals surface area contributed by atoms with E-state index in [0.29, 0.717) is 0 Å². The highest BCUT2D eigenvalue weighted by Crippen LogP contribution is 2.26. The van der Waals surface area contributed by atoms with E-state index in [1.54, 1.807) is 0 Å². The first kappa shape index (κ1) is 20.8. The maximum Gasteiger partial charge on any atom is 0.342 e. The minimum absolute atomic E-state index is 0.0183. The number of rotatable bonds is 3. The Labute approximate surface area is 186 Å². The van der Waals surface area contributed by atoms with Gasteiger partial charge in [0.15, 0.2) is 11.6 Å². The Balaban J connectivity index is 1.99. The van der Waals surface area contributed by atoms with Crippen LogP contribution in [0.15, 0.2) is 58.4 Å². The SMILES string of the molecule is COc1nc(Cl)cc2c1c(=O)n(-c1cnc3cc(F)ccn13)c(=O)n2-c1ccc(F)c(F)c1. The van der Waals surface area contributed by atoms with Crippen molar-refractivity contribution in [1.29, 1.82) is 0 Å². The Hall–Kier alpha value is -4.12. The lowest BCUT2D eigenvalue weighted by molar-refractivity contribution is 0.402. The first-order valence-electron chi connectivity index (χ1n) is 9.31. The van der Waals surface area contributed by atoms with Gasteiger partial charge in [0.1, 0.15) is 27.8 Å². The molecule has 12 heteroatoms. The van der Waals surface area contributed by atoms with Gasteiger partial charge in [-0.2, -0.15) is 0 Å². The third-order valence-corrected chi connectivity index (χ3v) is 5.21. The van der Waals surface area contributed by atoms with E-state index in [2.05, 4.69) is 9.97 Å². The van der Waals surface area contributed by atoms with Crippen LogP contribution in [0.2, 0.25) is 5.15 Å². The highest BCUT2D eigenvalue weighted by Gasteiger charge is 2.23. The standard InChI is InChI=1S/C21H11ClF3N5O3/c1-33-19-18-14(8-15(22)27-19)29(11-2-3-12(24)13(25)7-11)21(32)30(20(18)31)17-9-26-16-6-10(23)4-5-28(16)17/h2-9H,1H3. The summed E-state index contributed by atoms with van der Waals surface area (Å²) in [5, 5.41) is -0.249. The van der Waals surface area contributed by atoms with Crippen molar-refractivity contribution < 1.29 is 17.9 Å². The second-order valence-electron chi connectivity index (χ2n) is 6.89. The molecule has 5 aromatic rings. The molecule has 1 aromatic carbocycles. The van der Waals surface area contributed by atoms with Crippen LogP contribution in [-0.4, -0.2) is 30.6 Å². The molecule has 0 aliphatic rings. The number of pyridine rings is 2. The zero-order chi connectivity index (χ0) is 23.4. The van der Waals surface area contributed by atoms with Crippen LogP contribution in [-0.2, 0) is 0 Å². The van der Waals surface area contributed by atoms with Gasteiger partial charge in [-0.1, -0.05) is 11.6 Å². The highest BCUT2D eigenvalue weighted by atomic mass is 35.5. The van der Waals surface area contributed by atoms with Crippen LogP contribution in [0.5, 0.6) is 5.88 Å². The fourth-order valence-electron chi connectivity index (χ4n) is 3.59. The molecule has 0 amide bonds. The molecule has 0 atom stereocenters. The summed E-state index contributed by atoms with van der Waals surface area (Å²) in [6.45, 7) is 0. The van der Waals surface area contributed by atoms with Gasteiger partial charge < -0.3 is 4.74 Å². The van der Waals surface area contributed by atoms with Gasteiger partial charge in [0, 0.05) is 24.4 Å². The molecule has 0 N–H and O–H groups in total. The quantitative estimate of drug-likeness (QED) is 0.376. The maximum atomic E-state index is 14.0. The number of fused-ring (bicyclic) bond motifs is 2. The Kier molecular flexibility index (Phi) is 4.71. The van der Waals surface area contributed by atoms with Crippen molar-refractivity contribution in [2.75, 3.05) is 7.11 Å². The van der Waals surface area contributed by atoms with E-state index >= 15 is 0 Å². The molecule has 33 heavy (non-hydrogen) atoms. The summed E-state index contributed by atoms with van der Waals surface area (Å²) in [5.74, 6) is -3.10. The van der Waals surface area contributed by atoms with Crippen LogP contribution in [0.4, 0.5) is 13.2 Å². The van der Waals surface area contributed by atoms with Crippen molar-refractivity contribution >= 4 is 28.2 Å². The maximum absolute atomic E-state index is 14.0. The first-order valence-corrected chi connectivity index (χ1v) is 9.68. The number of aromatic nitrogens is 5. The fourth-order valence-corrected chi connectivity index (χ4v) is 3.77. The first-order chi connectivity index (χ1) is 15.8. The van der Waals surface area contributed by atoms with E-state index in [9.17, 15) is 22.8 Å². The number of benzene rings is 1. The van der Waals surface area contributed by atoms with E-state index in [1.165, 1.54) is 36.0 Å². The predicted molar refractivity (Wildman–Crippen MR) is 113 cm³/mol. The summed E-state index contributed by atoms with van der Waals surface area (Å²) >= 11 is 6.06. The summed E-state index contributed by atoms with van der Waals surface area (Å²) in [7, 11) is 1.26. The largest absolute Gasteiger partial charge is 0.480 e. The molecule has 0 radical (unpaired) electrons. The van der Waals surface area contributed by atoms with Gasteiger partial charge in [-0.3, -0.25) is 13.8 Å². The van der Waals surface area contributed by atoms with Crippen molar-refractivity contribution in [3.05, 3.63) is 92.2 Å². The molecule has 0 aliphatic heterocycles. The van der Waals surface area contributed by atoms with Crippen molar-refractivity contribution in [3.8, 4) is 17.4 Å². The molecule has 166 valence electrons. The minimum Gasteiger partial charge on any atom is -0.480 e. The molecule has 4 heterocycles. The van der Waals surface area contributed by atoms with Gasteiger partial charge in [-0.25, -0.2) is 32.5 Å². The molecule has 0 unspecified atom stereocenters. The molecular formula is C21H11ClF3N5O3. The lowest BCUT2D eigenvalue weighted by atomic mass is 10.2.